The Balaban J connectivity index is 0.00000242. The molecular formula is C14H26IN5O2. The summed E-state index contributed by atoms with van der Waals surface area (Å²) in [6.07, 6.45) is 3.91. The second kappa shape index (κ2) is 9.29. The molecule has 0 aliphatic carbocycles. The second-order valence-electron chi connectivity index (χ2n) is 5.59. The summed E-state index contributed by atoms with van der Waals surface area (Å²) >= 11 is 0. The summed E-state index contributed by atoms with van der Waals surface area (Å²) in [5, 5.41) is 10.4. The molecule has 1 fully saturated rings. The topological polar surface area (TPSA) is 84.6 Å². The first-order valence-corrected chi connectivity index (χ1v) is 7.49. The Bertz CT molecular complexity index is 472. The predicted octanol–water partition coefficient (Wildman–Crippen LogP) is 1.66. The highest BCUT2D eigenvalue weighted by molar-refractivity contribution is 14.0. The average Bonchev–Trinajstić information content (AvgIpc) is 3.07. The van der Waals surface area contributed by atoms with Crippen molar-refractivity contribution in [2.24, 2.45) is 4.99 Å². The van der Waals surface area contributed by atoms with E-state index in [1.807, 2.05) is 6.92 Å². The van der Waals surface area contributed by atoms with Crippen LogP contribution in [0.1, 0.15) is 37.9 Å². The number of rotatable bonds is 6. The van der Waals surface area contributed by atoms with Gasteiger partial charge in [-0.05, 0) is 33.1 Å². The highest BCUT2D eigenvalue weighted by Crippen LogP contribution is 2.23. The number of ether oxygens (including phenoxy) is 1. The minimum absolute atomic E-state index is 0. The first-order chi connectivity index (χ1) is 10.1. The number of halogens is 1. The van der Waals surface area contributed by atoms with Crippen LogP contribution in [-0.2, 0) is 11.2 Å². The molecule has 22 heavy (non-hydrogen) atoms. The Morgan fingerprint density at radius 2 is 2.23 bits per heavy atom. The fourth-order valence-electron chi connectivity index (χ4n) is 2.36. The smallest absolute Gasteiger partial charge is 0.226 e. The highest BCUT2D eigenvalue weighted by atomic mass is 127. The minimum Gasteiger partial charge on any atom is -0.373 e. The summed E-state index contributed by atoms with van der Waals surface area (Å²) in [4.78, 5) is 8.39. The number of aromatic nitrogens is 2. The molecule has 1 aliphatic rings. The fourth-order valence-corrected chi connectivity index (χ4v) is 2.36. The van der Waals surface area contributed by atoms with Crippen molar-refractivity contribution < 1.29 is 9.26 Å². The molecule has 2 heterocycles. The maximum atomic E-state index is 5.75. The van der Waals surface area contributed by atoms with Crippen LogP contribution in [0.5, 0.6) is 0 Å². The van der Waals surface area contributed by atoms with E-state index < -0.39 is 0 Å². The van der Waals surface area contributed by atoms with Gasteiger partial charge in [0.05, 0.1) is 5.60 Å². The molecule has 0 spiro atoms. The number of nitrogens with zero attached hydrogens (tertiary/aromatic N) is 3. The largest absolute Gasteiger partial charge is 0.373 e. The number of guanidine groups is 1. The Kier molecular flexibility index (Phi) is 8.08. The molecule has 8 heteroatoms. The third-order valence-electron chi connectivity index (χ3n) is 3.58. The van der Waals surface area contributed by atoms with E-state index in [1.165, 1.54) is 0 Å². The van der Waals surface area contributed by atoms with Gasteiger partial charge in [-0.25, -0.2) is 0 Å². The van der Waals surface area contributed by atoms with Crippen molar-refractivity contribution in [2.75, 3.05) is 26.7 Å². The maximum Gasteiger partial charge on any atom is 0.226 e. The van der Waals surface area contributed by atoms with E-state index in [1.54, 1.807) is 7.05 Å². The number of hydrogen-bond donors (Lipinski definition) is 2. The monoisotopic (exact) mass is 423 g/mol. The van der Waals surface area contributed by atoms with Crippen LogP contribution in [0, 0.1) is 6.92 Å². The van der Waals surface area contributed by atoms with Crippen molar-refractivity contribution in [1.29, 1.82) is 0 Å². The Labute approximate surface area is 148 Å². The van der Waals surface area contributed by atoms with Gasteiger partial charge in [0.15, 0.2) is 11.8 Å². The third kappa shape index (κ3) is 6.07. The van der Waals surface area contributed by atoms with E-state index in [9.17, 15) is 0 Å². The summed E-state index contributed by atoms with van der Waals surface area (Å²) in [6.45, 7) is 6.39. The van der Waals surface area contributed by atoms with Crippen LogP contribution in [0.15, 0.2) is 9.52 Å². The van der Waals surface area contributed by atoms with Crippen molar-refractivity contribution in [2.45, 2.75) is 45.1 Å². The van der Waals surface area contributed by atoms with Crippen LogP contribution < -0.4 is 10.6 Å². The number of aliphatic imine (C=N–C) groups is 1. The lowest BCUT2D eigenvalue weighted by molar-refractivity contribution is 0.0243. The molecule has 1 saturated heterocycles. The van der Waals surface area contributed by atoms with Gasteiger partial charge in [-0.15, -0.1) is 24.0 Å². The average molecular weight is 423 g/mol. The molecule has 2 N–H and O–H groups in total. The van der Waals surface area contributed by atoms with E-state index in [-0.39, 0.29) is 29.6 Å². The zero-order valence-electron chi connectivity index (χ0n) is 13.5. The summed E-state index contributed by atoms with van der Waals surface area (Å²) in [5.74, 6) is 2.16. The van der Waals surface area contributed by atoms with Crippen LogP contribution in [0.3, 0.4) is 0 Å². The molecule has 1 aliphatic heterocycles. The summed E-state index contributed by atoms with van der Waals surface area (Å²) in [5.41, 5.74) is -0.0705. The lowest BCUT2D eigenvalue weighted by atomic mass is 10.0. The molecule has 1 atom stereocenters. The van der Waals surface area contributed by atoms with Gasteiger partial charge in [0, 0.05) is 33.2 Å². The molecule has 126 valence electrons. The van der Waals surface area contributed by atoms with Crippen LogP contribution in [0.4, 0.5) is 0 Å². The van der Waals surface area contributed by atoms with E-state index in [4.69, 9.17) is 9.26 Å². The van der Waals surface area contributed by atoms with Gasteiger partial charge in [0.2, 0.25) is 5.89 Å². The lowest BCUT2D eigenvalue weighted by Gasteiger charge is -2.24. The quantitative estimate of drug-likeness (QED) is 0.314. The van der Waals surface area contributed by atoms with Crippen molar-refractivity contribution in [1.82, 2.24) is 20.8 Å². The fraction of sp³-hybridized carbons (Fsp3) is 0.786. The van der Waals surface area contributed by atoms with Gasteiger partial charge >= 0.3 is 0 Å². The normalized spacial score (nSPS) is 21.5. The highest BCUT2D eigenvalue weighted by Gasteiger charge is 2.29. The molecule has 1 unspecified atom stereocenters. The maximum absolute atomic E-state index is 5.75. The molecule has 0 amide bonds. The van der Waals surface area contributed by atoms with Gasteiger partial charge in [0.25, 0.3) is 0 Å². The molecule has 2 rings (SSSR count). The summed E-state index contributed by atoms with van der Waals surface area (Å²) in [7, 11) is 1.77. The van der Waals surface area contributed by atoms with Crippen LogP contribution >= 0.6 is 24.0 Å². The molecular weight excluding hydrogens is 397 g/mol. The van der Waals surface area contributed by atoms with Crippen molar-refractivity contribution in [3.63, 3.8) is 0 Å². The predicted molar refractivity (Wildman–Crippen MR) is 95.7 cm³/mol. The molecule has 0 radical (unpaired) electrons. The van der Waals surface area contributed by atoms with Crippen LogP contribution in [0.25, 0.3) is 0 Å². The van der Waals surface area contributed by atoms with Gasteiger partial charge < -0.3 is 19.9 Å². The van der Waals surface area contributed by atoms with Crippen LogP contribution in [-0.4, -0.2) is 48.4 Å². The number of nitrogens with one attached hydrogen (secondary N) is 2. The number of hydrogen-bond acceptors (Lipinski definition) is 5. The van der Waals surface area contributed by atoms with E-state index in [2.05, 4.69) is 32.7 Å². The zero-order chi connectivity index (χ0) is 15.1. The molecule has 0 saturated carbocycles. The zero-order valence-corrected chi connectivity index (χ0v) is 15.8. The second-order valence-corrected chi connectivity index (χ2v) is 5.59. The van der Waals surface area contributed by atoms with Crippen molar-refractivity contribution in [3.8, 4) is 0 Å². The van der Waals surface area contributed by atoms with Crippen molar-refractivity contribution >= 4 is 29.9 Å². The summed E-state index contributed by atoms with van der Waals surface area (Å²) in [6, 6.07) is 0. The van der Waals surface area contributed by atoms with Gasteiger partial charge in [-0.1, -0.05) is 5.16 Å². The molecule has 0 bridgehead atoms. The van der Waals surface area contributed by atoms with E-state index >= 15 is 0 Å². The van der Waals surface area contributed by atoms with Gasteiger partial charge in [0.1, 0.15) is 0 Å². The van der Waals surface area contributed by atoms with Gasteiger partial charge in [-0.2, -0.15) is 4.98 Å². The van der Waals surface area contributed by atoms with Crippen LogP contribution in [0.2, 0.25) is 0 Å². The van der Waals surface area contributed by atoms with E-state index in [0.717, 1.165) is 51.3 Å². The molecule has 0 aromatic carbocycles. The molecule has 1 aromatic rings. The van der Waals surface area contributed by atoms with Crippen molar-refractivity contribution in [3.05, 3.63) is 11.7 Å². The van der Waals surface area contributed by atoms with E-state index in [0.29, 0.717) is 11.7 Å². The first-order valence-electron chi connectivity index (χ1n) is 7.49. The Morgan fingerprint density at radius 3 is 2.82 bits per heavy atom. The molecule has 1 aromatic heterocycles. The minimum atomic E-state index is -0.0705. The standard InChI is InChI=1S/C14H25N5O2.HI/c1-11-18-12(21-19-11)6-4-8-16-13(15-3)17-10-14(2)7-5-9-20-14;/h4-10H2,1-3H3,(H2,15,16,17);1H. The third-order valence-corrected chi connectivity index (χ3v) is 3.58. The Hall–Kier alpha value is -0.900. The molecule has 7 nitrogen and oxygen atoms in total. The SMILES string of the molecule is CN=C(NCCCc1nc(C)no1)NCC1(C)CCCO1.I. The Morgan fingerprint density at radius 1 is 1.41 bits per heavy atom. The lowest BCUT2D eigenvalue weighted by Crippen LogP contribution is -2.45. The van der Waals surface area contributed by atoms with Gasteiger partial charge in [-0.3, -0.25) is 4.99 Å². The first kappa shape index (κ1) is 19.1. The summed E-state index contributed by atoms with van der Waals surface area (Å²) < 4.78 is 10.8. The number of aryl methyl sites for hydroxylation is 2.